The highest BCUT2D eigenvalue weighted by Gasteiger charge is 2.09. The van der Waals surface area contributed by atoms with Crippen LogP contribution in [0.5, 0.6) is 5.88 Å². The molecule has 6 heteroatoms. The number of hydrogen-bond donors (Lipinski definition) is 0. The van der Waals surface area contributed by atoms with Crippen molar-refractivity contribution in [2.45, 2.75) is 12.8 Å². The van der Waals surface area contributed by atoms with E-state index < -0.39 is 6.09 Å². The highest BCUT2D eigenvalue weighted by Crippen LogP contribution is 2.10. The molecule has 82 valence electrons. The summed E-state index contributed by atoms with van der Waals surface area (Å²) in [6.45, 7) is 1.78. The molecule has 0 aromatic carbocycles. The van der Waals surface area contributed by atoms with Gasteiger partial charge in [-0.1, -0.05) is 0 Å². The van der Waals surface area contributed by atoms with Crippen LogP contribution in [0.15, 0.2) is 6.07 Å². The quantitative estimate of drug-likeness (QED) is 0.723. The molecule has 1 aromatic heterocycles. The molecule has 15 heavy (non-hydrogen) atoms. The van der Waals surface area contributed by atoms with E-state index in [9.17, 15) is 4.79 Å². The summed E-state index contributed by atoms with van der Waals surface area (Å²) in [5.74, 6) is 0.851. The van der Waals surface area contributed by atoms with Gasteiger partial charge in [-0.3, -0.25) is 0 Å². The first-order chi connectivity index (χ1) is 7.02. The third-order valence-electron chi connectivity index (χ3n) is 1.55. The van der Waals surface area contributed by atoms with Gasteiger partial charge in [-0.15, -0.1) is 11.6 Å². The average molecular weight is 230 g/mol. The Labute approximate surface area is 93.0 Å². The molecule has 1 aromatic rings. The third-order valence-corrected chi connectivity index (χ3v) is 1.79. The molecule has 0 atom stereocenters. The number of carbonyl (C=O) groups excluding carboxylic acids is 1. The lowest BCUT2D eigenvalue weighted by molar-refractivity contribution is 0.170. The molecular formula is C9H12ClN3O2. The van der Waals surface area contributed by atoms with Crippen LogP contribution in [0.1, 0.15) is 11.5 Å². The number of halogens is 1. The highest BCUT2D eigenvalue weighted by atomic mass is 35.5. The Morgan fingerprint density at radius 2 is 2.20 bits per heavy atom. The highest BCUT2D eigenvalue weighted by molar-refractivity contribution is 6.16. The number of aromatic nitrogens is 2. The molecule has 1 rings (SSSR count). The summed E-state index contributed by atoms with van der Waals surface area (Å²) in [6, 6.07) is 1.58. The van der Waals surface area contributed by atoms with Crippen molar-refractivity contribution in [1.82, 2.24) is 14.9 Å². The van der Waals surface area contributed by atoms with Crippen molar-refractivity contribution in [3.8, 4) is 5.88 Å². The lowest BCUT2D eigenvalue weighted by Crippen LogP contribution is -2.25. The first-order valence-corrected chi connectivity index (χ1v) is 4.86. The van der Waals surface area contributed by atoms with Gasteiger partial charge in [-0.05, 0) is 6.92 Å². The van der Waals surface area contributed by atoms with Crippen LogP contribution in [0.2, 0.25) is 0 Å². The maximum atomic E-state index is 11.2. The molecule has 5 nitrogen and oxygen atoms in total. The summed E-state index contributed by atoms with van der Waals surface area (Å²) in [5, 5.41) is 0. The largest absolute Gasteiger partial charge is 0.416 e. The van der Waals surface area contributed by atoms with E-state index in [1.807, 2.05) is 0 Å². The number of amides is 1. The predicted molar refractivity (Wildman–Crippen MR) is 56.0 cm³/mol. The number of aryl methyl sites for hydroxylation is 1. The van der Waals surface area contributed by atoms with Crippen molar-refractivity contribution in [2.75, 3.05) is 14.1 Å². The molecule has 0 spiro atoms. The van der Waals surface area contributed by atoms with Crippen LogP contribution >= 0.6 is 11.6 Å². The SMILES string of the molecule is Cc1cc(OC(=O)N(C)C)nc(CCl)n1. The van der Waals surface area contributed by atoms with Gasteiger partial charge in [0.25, 0.3) is 0 Å². The molecule has 0 saturated carbocycles. The first kappa shape index (κ1) is 11.7. The van der Waals surface area contributed by atoms with Crippen LogP contribution in [-0.4, -0.2) is 35.1 Å². The van der Waals surface area contributed by atoms with Crippen molar-refractivity contribution < 1.29 is 9.53 Å². The van der Waals surface area contributed by atoms with Crippen molar-refractivity contribution in [1.29, 1.82) is 0 Å². The second kappa shape index (κ2) is 4.93. The molecule has 1 heterocycles. The standard InChI is InChI=1S/C9H12ClN3O2/c1-6-4-8(12-7(5-10)11-6)15-9(14)13(2)3/h4H,5H2,1-3H3. The van der Waals surface area contributed by atoms with Crippen LogP contribution < -0.4 is 4.74 Å². The topological polar surface area (TPSA) is 55.3 Å². The Morgan fingerprint density at radius 3 is 2.73 bits per heavy atom. The van der Waals surface area contributed by atoms with Gasteiger partial charge in [-0.25, -0.2) is 9.78 Å². The van der Waals surface area contributed by atoms with E-state index in [1.54, 1.807) is 27.1 Å². The summed E-state index contributed by atoms with van der Waals surface area (Å²) in [7, 11) is 3.19. The van der Waals surface area contributed by atoms with Gasteiger partial charge in [0, 0.05) is 25.9 Å². The molecule has 0 aliphatic rings. The molecule has 0 saturated heterocycles. The van der Waals surface area contributed by atoms with Gasteiger partial charge < -0.3 is 9.64 Å². The second-order valence-corrected chi connectivity index (χ2v) is 3.43. The lowest BCUT2D eigenvalue weighted by atomic mass is 10.4. The summed E-state index contributed by atoms with van der Waals surface area (Å²) in [6.07, 6.45) is -0.478. The number of hydrogen-bond acceptors (Lipinski definition) is 4. The van der Waals surface area contributed by atoms with E-state index in [-0.39, 0.29) is 11.8 Å². The molecule has 0 aliphatic carbocycles. The average Bonchev–Trinajstić information content (AvgIpc) is 2.16. The zero-order chi connectivity index (χ0) is 11.4. The maximum absolute atomic E-state index is 11.2. The number of carbonyl (C=O) groups is 1. The first-order valence-electron chi connectivity index (χ1n) is 4.32. The Kier molecular flexibility index (Phi) is 3.85. The smallest absolute Gasteiger partial charge is 0.391 e. The van der Waals surface area contributed by atoms with E-state index in [2.05, 4.69) is 9.97 Å². The third kappa shape index (κ3) is 3.36. The number of alkyl halides is 1. The summed E-state index contributed by atoms with van der Waals surface area (Å²) < 4.78 is 4.98. The molecule has 0 radical (unpaired) electrons. The van der Waals surface area contributed by atoms with Gasteiger partial charge >= 0.3 is 6.09 Å². The minimum absolute atomic E-state index is 0.189. The van der Waals surface area contributed by atoms with Gasteiger partial charge in [0.05, 0.1) is 5.88 Å². The van der Waals surface area contributed by atoms with Crippen molar-refractivity contribution in [3.05, 3.63) is 17.6 Å². The lowest BCUT2D eigenvalue weighted by Gasteiger charge is -2.10. The van der Waals surface area contributed by atoms with E-state index in [1.165, 1.54) is 4.90 Å². The number of ether oxygens (including phenoxy) is 1. The van der Waals surface area contributed by atoms with Crippen LogP contribution in [0.25, 0.3) is 0 Å². The van der Waals surface area contributed by atoms with E-state index in [0.29, 0.717) is 11.5 Å². The fourth-order valence-electron chi connectivity index (χ4n) is 0.892. The zero-order valence-electron chi connectivity index (χ0n) is 8.82. The van der Waals surface area contributed by atoms with Crippen molar-refractivity contribution >= 4 is 17.7 Å². The van der Waals surface area contributed by atoms with Crippen LogP contribution in [0.3, 0.4) is 0 Å². The van der Waals surface area contributed by atoms with Crippen LogP contribution in [0.4, 0.5) is 4.79 Å². The summed E-state index contributed by atoms with van der Waals surface area (Å²) in [5.41, 5.74) is 0.710. The zero-order valence-corrected chi connectivity index (χ0v) is 9.58. The van der Waals surface area contributed by atoms with E-state index >= 15 is 0 Å². The monoisotopic (exact) mass is 229 g/mol. The minimum atomic E-state index is -0.478. The second-order valence-electron chi connectivity index (χ2n) is 3.16. The molecule has 0 aliphatic heterocycles. The Balaban J connectivity index is 2.85. The predicted octanol–water partition coefficient (Wildman–Crippen LogP) is 1.58. The Bertz CT molecular complexity index is 368. The fourth-order valence-corrected chi connectivity index (χ4v) is 1.01. The van der Waals surface area contributed by atoms with E-state index in [0.717, 1.165) is 0 Å². The molecular weight excluding hydrogens is 218 g/mol. The van der Waals surface area contributed by atoms with Gasteiger partial charge in [0.15, 0.2) is 0 Å². The molecule has 1 amide bonds. The van der Waals surface area contributed by atoms with E-state index in [4.69, 9.17) is 16.3 Å². The number of nitrogens with zero attached hydrogens (tertiary/aromatic N) is 3. The molecule has 0 unspecified atom stereocenters. The summed E-state index contributed by atoms with van der Waals surface area (Å²) >= 11 is 5.59. The Hall–Kier alpha value is -1.36. The molecule has 0 fully saturated rings. The van der Waals surface area contributed by atoms with Crippen LogP contribution in [0, 0.1) is 6.92 Å². The summed E-state index contributed by atoms with van der Waals surface area (Å²) in [4.78, 5) is 20.6. The van der Waals surface area contributed by atoms with Gasteiger partial charge in [0.2, 0.25) is 5.88 Å². The van der Waals surface area contributed by atoms with Crippen molar-refractivity contribution in [3.63, 3.8) is 0 Å². The van der Waals surface area contributed by atoms with Crippen molar-refractivity contribution in [2.24, 2.45) is 0 Å². The van der Waals surface area contributed by atoms with Gasteiger partial charge in [0.1, 0.15) is 5.82 Å². The minimum Gasteiger partial charge on any atom is -0.391 e. The number of rotatable bonds is 2. The normalized spacial score (nSPS) is 9.87. The molecule has 0 bridgehead atoms. The fraction of sp³-hybridized carbons (Fsp3) is 0.444. The van der Waals surface area contributed by atoms with Gasteiger partial charge in [-0.2, -0.15) is 4.98 Å². The van der Waals surface area contributed by atoms with Crippen LogP contribution in [-0.2, 0) is 5.88 Å². The maximum Gasteiger partial charge on any atom is 0.416 e. The Morgan fingerprint density at radius 1 is 1.53 bits per heavy atom. The molecule has 0 N–H and O–H groups in total.